The van der Waals surface area contributed by atoms with Gasteiger partial charge in [-0.25, -0.2) is 9.78 Å². The molecule has 1 aliphatic heterocycles. The summed E-state index contributed by atoms with van der Waals surface area (Å²) in [6.07, 6.45) is 4.07. The lowest BCUT2D eigenvalue weighted by molar-refractivity contribution is 0.174. The highest BCUT2D eigenvalue weighted by molar-refractivity contribution is 7.11. The largest absolute Gasteiger partial charge is 0.338 e. The number of nitrogens with zero attached hydrogens (tertiary/aromatic N) is 2. The number of rotatable bonds is 4. The molecule has 1 saturated heterocycles. The molecule has 1 aromatic heterocycles. The van der Waals surface area contributed by atoms with Crippen LogP contribution in [0.1, 0.15) is 42.3 Å². The van der Waals surface area contributed by atoms with Crippen molar-refractivity contribution in [1.29, 1.82) is 0 Å². The Morgan fingerprint density at radius 2 is 2.15 bits per heavy atom. The fourth-order valence-corrected chi connectivity index (χ4v) is 3.54. The van der Waals surface area contributed by atoms with Gasteiger partial charge in [0.25, 0.3) is 0 Å². The van der Waals surface area contributed by atoms with Crippen LogP contribution in [0.15, 0.2) is 0 Å². The third kappa shape index (κ3) is 3.95. The first-order valence-corrected chi connectivity index (χ1v) is 8.39. The number of piperidine rings is 1. The van der Waals surface area contributed by atoms with E-state index in [9.17, 15) is 4.79 Å². The number of carbonyl (C=O) groups excluding carboxylic acids is 1. The SMILES string of the molecule is CCc1nc(CCNC(=O)N2CCC(C)CC2)sc1C. The molecule has 2 heterocycles. The monoisotopic (exact) mass is 295 g/mol. The van der Waals surface area contributed by atoms with E-state index in [-0.39, 0.29) is 6.03 Å². The second-order valence-corrected chi connectivity index (χ2v) is 6.90. The number of thiazole rings is 1. The summed E-state index contributed by atoms with van der Waals surface area (Å²) in [5, 5.41) is 4.15. The summed E-state index contributed by atoms with van der Waals surface area (Å²) >= 11 is 1.75. The maximum absolute atomic E-state index is 12.0. The van der Waals surface area contributed by atoms with Crippen molar-refractivity contribution in [2.24, 2.45) is 5.92 Å². The third-order valence-corrected chi connectivity index (χ3v) is 5.03. The quantitative estimate of drug-likeness (QED) is 0.928. The molecular formula is C15H25N3OS. The first-order valence-electron chi connectivity index (χ1n) is 7.58. The smallest absolute Gasteiger partial charge is 0.317 e. The molecule has 0 aliphatic carbocycles. The van der Waals surface area contributed by atoms with Crippen LogP contribution in [0, 0.1) is 12.8 Å². The number of nitrogens with one attached hydrogen (secondary N) is 1. The van der Waals surface area contributed by atoms with Crippen LogP contribution in [-0.2, 0) is 12.8 Å². The van der Waals surface area contributed by atoms with Gasteiger partial charge in [0.1, 0.15) is 0 Å². The van der Waals surface area contributed by atoms with E-state index in [1.807, 2.05) is 4.90 Å². The van der Waals surface area contributed by atoms with Crippen molar-refractivity contribution in [2.75, 3.05) is 19.6 Å². The summed E-state index contributed by atoms with van der Waals surface area (Å²) in [5.41, 5.74) is 1.20. The molecule has 2 rings (SSSR count). The molecule has 112 valence electrons. The van der Waals surface area contributed by atoms with Crippen LogP contribution < -0.4 is 5.32 Å². The summed E-state index contributed by atoms with van der Waals surface area (Å²) in [6, 6.07) is 0.0842. The van der Waals surface area contributed by atoms with Crippen molar-refractivity contribution in [3.8, 4) is 0 Å². The van der Waals surface area contributed by atoms with Gasteiger partial charge in [-0.15, -0.1) is 11.3 Å². The Labute approximate surface area is 125 Å². The zero-order valence-corrected chi connectivity index (χ0v) is 13.6. The van der Waals surface area contributed by atoms with Crippen molar-refractivity contribution in [1.82, 2.24) is 15.2 Å². The second-order valence-electron chi connectivity index (χ2n) is 5.62. The summed E-state index contributed by atoms with van der Waals surface area (Å²) in [6.45, 7) is 8.97. The van der Waals surface area contributed by atoms with E-state index in [1.165, 1.54) is 10.6 Å². The Kier molecular flexibility index (Phi) is 5.40. The highest BCUT2D eigenvalue weighted by Crippen LogP contribution is 2.18. The number of aromatic nitrogens is 1. The molecule has 0 unspecified atom stereocenters. The molecule has 1 aromatic rings. The standard InChI is InChI=1S/C15H25N3OS/c1-4-13-12(3)20-14(17-13)5-8-16-15(19)18-9-6-11(2)7-10-18/h11H,4-10H2,1-3H3,(H,16,19). The van der Waals surface area contributed by atoms with Gasteiger partial charge < -0.3 is 10.2 Å². The maximum atomic E-state index is 12.0. The minimum Gasteiger partial charge on any atom is -0.338 e. The number of amides is 2. The fraction of sp³-hybridized carbons (Fsp3) is 0.733. The van der Waals surface area contributed by atoms with Gasteiger partial charge >= 0.3 is 6.03 Å². The summed E-state index contributed by atoms with van der Waals surface area (Å²) in [4.78, 5) is 19.9. The van der Waals surface area contributed by atoms with Crippen LogP contribution in [0.4, 0.5) is 4.79 Å². The van der Waals surface area contributed by atoms with E-state index in [1.54, 1.807) is 11.3 Å². The normalized spacial score (nSPS) is 16.4. The van der Waals surface area contributed by atoms with Crippen molar-refractivity contribution >= 4 is 17.4 Å². The number of hydrogen-bond donors (Lipinski definition) is 1. The molecule has 20 heavy (non-hydrogen) atoms. The van der Waals surface area contributed by atoms with E-state index in [0.717, 1.165) is 49.7 Å². The molecule has 1 fully saturated rings. The van der Waals surface area contributed by atoms with E-state index >= 15 is 0 Å². The summed E-state index contributed by atoms with van der Waals surface area (Å²) in [5.74, 6) is 0.754. The van der Waals surface area contributed by atoms with Gasteiger partial charge in [0.15, 0.2) is 0 Å². The lowest BCUT2D eigenvalue weighted by Gasteiger charge is -2.30. The topological polar surface area (TPSA) is 45.2 Å². The number of carbonyl (C=O) groups is 1. The molecular weight excluding hydrogens is 270 g/mol. The molecule has 1 aliphatic rings. The van der Waals surface area contributed by atoms with E-state index in [0.29, 0.717) is 6.54 Å². The first-order chi connectivity index (χ1) is 9.60. The number of likely N-dealkylation sites (tertiary alicyclic amines) is 1. The zero-order valence-electron chi connectivity index (χ0n) is 12.7. The molecule has 5 heteroatoms. The predicted molar refractivity (Wildman–Crippen MR) is 83.3 cm³/mol. The molecule has 4 nitrogen and oxygen atoms in total. The van der Waals surface area contributed by atoms with Crippen molar-refractivity contribution in [3.63, 3.8) is 0 Å². The Hall–Kier alpha value is -1.10. The number of aryl methyl sites for hydroxylation is 2. The second kappa shape index (κ2) is 7.07. The van der Waals surface area contributed by atoms with Crippen LogP contribution in [-0.4, -0.2) is 35.5 Å². The summed E-state index contributed by atoms with van der Waals surface area (Å²) in [7, 11) is 0. The molecule has 1 N–H and O–H groups in total. The Balaban J connectivity index is 1.73. The lowest BCUT2D eigenvalue weighted by Crippen LogP contribution is -2.44. The predicted octanol–water partition coefficient (Wildman–Crippen LogP) is 3.00. The Bertz CT molecular complexity index is 450. The third-order valence-electron chi connectivity index (χ3n) is 3.96. The highest BCUT2D eigenvalue weighted by atomic mass is 32.1. The van der Waals surface area contributed by atoms with Crippen molar-refractivity contribution < 1.29 is 4.79 Å². The molecule has 0 saturated carbocycles. The van der Waals surface area contributed by atoms with Gasteiger partial charge in [-0.2, -0.15) is 0 Å². The molecule has 0 atom stereocenters. The maximum Gasteiger partial charge on any atom is 0.317 e. The number of hydrogen-bond acceptors (Lipinski definition) is 3. The van der Waals surface area contributed by atoms with Crippen molar-refractivity contribution in [2.45, 2.75) is 46.5 Å². The van der Waals surface area contributed by atoms with Crippen LogP contribution >= 0.6 is 11.3 Å². The minimum atomic E-state index is 0.0842. The molecule has 0 spiro atoms. The zero-order chi connectivity index (χ0) is 14.5. The van der Waals surface area contributed by atoms with Crippen LogP contribution in [0.25, 0.3) is 0 Å². The van der Waals surface area contributed by atoms with Crippen LogP contribution in [0.2, 0.25) is 0 Å². The van der Waals surface area contributed by atoms with E-state index < -0.39 is 0 Å². The van der Waals surface area contributed by atoms with Gasteiger partial charge in [-0.3, -0.25) is 0 Å². The van der Waals surface area contributed by atoms with Gasteiger partial charge in [-0.1, -0.05) is 13.8 Å². The molecule has 0 aromatic carbocycles. The first kappa shape index (κ1) is 15.3. The van der Waals surface area contributed by atoms with Crippen LogP contribution in [0.3, 0.4) is 0 Å². The minimum absolute atomic E-state index is 0.0842. The molecule has 0 bridgehead atoms. The number of urea groups is 1. The van der Waals surface area contributed by atoms with E-state index in [2.05, 4.69) is 31.1 Å². The molecule has 0 radical (unpaired) electrons. The van der Waals surface area contributed by atoms with Crippen LogP contribution in [0.5, 0.6) is 0 Å². The molecule has 2 amide bonds. The average Bonchev–Trinajstić information content (AvgIpc) is 2.79. The fourth-order valence-electron chi connectivity index (χ4n) is 2.52. The average molecular weight is 295 g/mol. The summed E-state index contributed by atoms with van der Waals surface area (Å²) < 4.78 is 0. The van der Waals surface area contributed by atoms with Gasteiger partial charge in [0.2, 0.25) is 0 Å². The lowest BCUT2D eigenvalue weighted by atomic mass is 10.00. The van der Waals surface area contributed by atoms with E-state index in [4.69, 9.17) is 0 Å². The Morgan fingerprint density at radius 1 is 1.45 bits per heavy atom. The van der Waals surface area contributed by atoms with Crippen molar-refractivity contribution in [3.05, 3.63) is 15.6 Å². The van der Waals surface area contributed by atoms with Gasteiger partial charge in [0.05, 0.1) is 10.7 Å². The highest BCUT2D eigenvalue weighted by Gasteiger charge is 2.19. The Morgan fingerprint density at radius 3 is 2.75 bits per heavy atom. The van der Waals surface area contributed by atoms with Gasteiger partial charge in [-0.05, 0) is 32.1 Å². The van der Waals surface area contributed by atoms with Gasteiger partial charge in [0, 0.05) is 30.9 Å².